The molecule has 0 spiro atoms. The number of nitrogens with zero attached hydrogens (tertiary/aromatic N) is 4. The van der Waals surface area contributed by atoms with Gasteiger partial charge in [0.2, 0.25) is 5.91 Å². The number of piperazine rings is 1. The minimum absolute atomic E-state index is 0.0832. The molecule has 11 heteroatoms. The van der Waals surface area contributed by atoms with Crippen LogP contribution >= 0.6 is 0 Å². The Kier molecular flexibility index (Phi) is 7.06. The van der Waals surface area contributed by atoms with Crippen LogP contribution in [0.4, 0.5) is 18.9 Å². The van der Waals surface area contributed by atoms with Crippen molar-refractivity contribution in [1.29, 1.82) is 0 Å². The number of aromatic nitrogens is 2. The number of halogens is 3. The lowest BCUT2D eigenvalue weighted by atomic mass is 10.1. The molecule has 3 aromatic rings. The maximum absolute atomic E-state index is 13.2. The Morgan fingerprint density at radius 3 is 2.31 bits per heavy atom. The number of anilines is 1. The van der Waals surface area contributed by atoms with Crippen LogP contribution in [-0.4, -0.2) is 71.2 Å². The van der Waals surface area contributed by atoms with Crippen molar-refractivity contribution in [2.75, 3.05) is 45.2 Å². The summed E-state index contributed by atoms with van der Waals surface area (Å²) in [6.45, 7) is 1.38. The van der Waals surface area contributed by atoms with Crippen LogP contribution in [0.15, 0.2) is 60.8 Å². The number of carbonyl (C=O) groups is 2. The van der Waals surface area contributed by atoms with Gasteiger partial charge in [0, 0.05) is 26.2 Å². The molecule has 0 unspecified atom stereocenters. The van der Waals surface area contributed by atoms with Gasteiger partial charge >= 0.3 is 6.18 Å². The van der Waals surface area contributed by atoms with E-state index in [4.69, 9.17) is 4.74 Å². The van der Waals surface area contributed by atoms with Crippen molar-refractivity contribution in [3.8, 4) is 11.4 Å². The summed E-state index contributed by atoms with van der Waals surface area (Å²) in [5.74, 6) is -0.492. The molecule has 1 aromatic heterocycles. The predicted molar refractivity (Wildman–Crippen MR) is 123 cm³/mol. The maximum atomic E-state index is 13.2. The number of nitrogens with one attached hydrogen (secondary N) is 1. The average Bonchev–Trinajstić information content (AvgIpc) is 3.29. The normalized spacial score (nSPS) is 14.6. The lowest BCUT2D eigenvalue weighted by molar-refractivity contribution is -0.137. The summed E-state index contributed by atoms with van der Waals surface area (Å²) in [4.78, 5) is 28.9. The van der Waals surface area contributed by atoms with Crippen LogP contribution in [0.2, 0.25) is 0 Å². The molecule has 1 N–H and O–H groups in total. The Labute approximate surface area is 199 Å². The summed E-state index contributed by atoms with van der Waals surface area (Å²) in [5.41, 5.74) is -0.202. The molecule has 4 rings (SSSR count). The number of para-hydroxylation sites is 2. The fourth-order valence-electron chi connectivity index (χ4n) is 3.86. The van der Waals surface area contributed by atoms with Crippen LogP contribution < -0.4 is 10.1 Å². The second-order valence-corrected chi connectivity index (χ2v) is 7.99. The minimum atomic E-state index is -4.57. The molecular formula is C24H24F3N5O3. The number of amides is 2. The summed E-state index contributed by atoms with van der Waals surface area (Å²) in [7, 11) is 1.47. The molecule has 1 saturated heterocycles. The van der Waals surface area contributed by atoms with Gasteiger partial charge in [0.05, 0.1) is 36.8 Å². The van der Waals surface area contributed by atoms with Crippen LogP contribution in [0.25, 0.3) is 5.69 Å². The van der Waals surface area contributed by atoms with Gasteiger partial charge in [0.25, 0.3) is 5.91 Å². The number of ether oxygens (including phenoxy) is 1. The summed E-state index contributed by atoms with van der Waals surface area (Å²) < 4.78 is 46.4. The number of alkyl halides is 3. The monoisotopic (exact) mass is 487 g/mol. The van der Waals surface area contributed by atoms with Crippen molar-refractivity contribution in [3.63, 3.8) is 0 Å². The van der Waals surface area contributed by atoms with E-state index < -0.39 is 17.6 Å². The van der Waals surface area contributed by atoms with Gasteiger partial charge in [-0.3, -0.25) is 14.5 Å². The third-order valence-corrected chi connectivity index (χ3v) is 5.66. The third-order valence-electron chi connectivity index (χ3n) is 5.66. The Hall–Kier alpha value is -3.86. The Bertz CT molecular complexity index is 1190. The zero-order chi connectivity index (χ0) is 25.0. The van der Waals surface area contributed by atoms with E-state index in [1.54, 1.807) is 20.7 Å². The van der Waals surface area contributed by atoms with E-state index in [2.05, 4.69) is 10.4 Å². The molecule has 1 aliphatic heterocycles. The second-order valence-electron chi connectivity index (χ2n) is 7.99. The van der Waals surface area contributed by atoms with Crippen molar-refractivity contribution in [2.45, 2.75) is 6.18 Å². The van der Waals surface area contributed by atoms with E-state index in [0.717, 1.165) is 11.8 Å². The van der Waals surface area contributed by atoms with Gasteiger partial charge in [0.15, 0.2) is 11.4 Å². The van der Waals surface area contributed by atoms with Gasteiger partial charge in [-0.2, -0.15) is 18.3 Å². The van der Waals surface area contributed by atoms with E-state index in [1.807, 2.05) is 30.3 Å². The van der Waals surface area contributed by atoms with Gasteiger partial charge in [-0.05, 0) is 24.3 Å². The number of rotatable bonds is 6. The van der Waals surface area contributed by atoms with Crippen LogP contribution in [0.5, 0.6) is 5.75 Å². The molecule has 2 heterocycles. The SMILES string of the molecule is COc1cn(-c2ccccc2)nc1C(=O)N1CCN(CC(=O)Nc2ccccc2C(F)(F)F)CC1. The number of methoxy groups -OCH3 is 1. The molecule has 1 aliphatic rings. The van der Waals surface area contributed by atoms with Crippen molar-refractivity contribution in [2.24, 2.45) is 0 Å². The highest BCUT2D eigenvalue weighted by Gasteiger charge is 2.34. The largest absolute Gasteiger partial charge is 0.493 e. The average molecular weight is 487 g/mol. The predicted octanol–water partition coefficient (Wildman–Crippen LogP) is 3.30. The molecule has 2 aromatic carbocycles. The second kappa shape index (κ2) is 10.2. The Morgan fingerprint density at radius 1 is 1.00 bits per heavy atom. The van der Waals surface area contributed by atoms with E-state index >= 15 is 0 Å². The fourth-order valence-corrected chi connectivity index (χ4v) is 3.86. The summed E-state index contributed by atoms with van der Waals surface area (Å²) >= 11 is 0. The lowest BCUT2D eigenvalue weighted by Gasteiger charge is -2.34. The smallest absolute Gasteiger partial charge is 0.418 e. The molecule has 2 amide bonds. The molecule has 8 nitrogen and oxygen atoms in total. The number of carbonyl (C=O) groups excluding carboxylic acids is 2. The zero-order valence-electron chi connectivity index (χ0n) is 19.0. The Morgan fingerprint density at radius 2 is 1.66 bits per heavy atom. The molecule has 0 bridgehead atoms. The molecule has 1 fully saturated rings. The number of hydrogen-bond donors (Lipinski definition) is 1. The zero-order valence-corrected chi connectivity index (χ0v) is 19.0. The lowest BCUT2D eigenvalue weighted by Crippen LogP contribution is -2.50. The highest BCUT2D eigenvalue weighted by molar-refractivity contribution is 5.95. The first kappa shape index (κ1) is 24.3. The van der Waals surface area contributed by atoms with Gasteiger partial charge in [0.1, 0.15) is 0 Å². The standard InChI is InChI=1S/C24H24F3N5O3/c1-35-20-15-32(17-7-3-2-4-8-17)29-22(20)23(34)31-13-11-30(12-14-31)16-21(33)28-19-10-6-5-9-18(19)24(25,26)27/h2-10,15H,11-14,16H2,1H3,(H,28,33). The molecule has 35 heavy (non-hydrogen) atoms. The van der Waals surface area contributed by atoms with Crippen LogP contribution in [0.1, 0.15) is 16.1 Å². The number of hydrogen-bond acceptors (Lipinski definition) is 5. The van der Waals surface area contributed by atoms with Gasteiger partial charge in [-0.1, -0.05) is 30.3 Å². The van der Waals surface area contributed by atoms with E-state index in [1.165, 1.54) is 25.3 Å². The van der Waals surface area contributed by atoms with Crippen molar-refractivity contribution < 1.29 is 27.5 Å². The molecule has 0 saturated carbocycles. The molecule has 0 radical (unpaired) electrons. The van der Waals surface area contributed by atoms with Crippen LogP contribution in [0, 0.1) is 0 Å². The van der Waals surface area contributed by atoms with Crippen molar-refractivity contribution in [1.82, 2.24) is 19.6 Å². The highest BCUT2D eigenvalue weighted by atomic mass is 19.4. The highest BCUT2D eigenvalue weighted by Crippen LogP contribution is 2.34. The quantitative estimate of drug-likeness (QED) is 0.577. The Balaban J connectivity index is 1.35. The van der Waals surface area contributed by atoms with Gasteiger partial charge in [-0.15, -0.1) is 0 Å². The minimum Gasteiger partial charge on any atom is -0.493 e. The maximum Gasteiger partial charge on any atom is 0.418 e. The summed E-state index contributed by atoms with van der Waals surface area (Å²) in [6, 6.07) is 14.2. The number of benzene rings is 2. The fraction of sp³-hybridized carbons (Fsp3) is 0.292. The first-order valence-electron chi connectivity index (χ1n) is 10.9. The molecular weight excluding hydrogens is 463 g/mol. The van der Waals surface area contributed by atoms with E-state index in [-0.39, 0.29) is 23.8 Å². The van der Waals surface area contributed by atoms with Gasteiger partial charge < -0.3 is 15.0 Å². The van der Waals surface area contributed by atoms with E-state index in [0.29, 0.717) is 31.9 Å². The molecule has 0 atom stereocenters. The van der Waals surface area contributed by atoms with E-state index in [9.17, 15) is 22.8 Å². The van der Waals surface area contributed by atoms with Gasteiger partial charge in [-0.25, -0.2) is 4.68 Å². The van der Waals surface area contributed by atoms with Crippen molar-refractivity contribution in [3.05, 3.63) is 72.1 Å². The first-order valence-corrected chi connectivity index (χ1v) is 10.9. The first-order chi connectivity index (χ1) is 16.8. The topological polar surface area (TPSA) is 79.7 Å². The molecule has 0 aliphatic carbocycles. The molecule has 184 valence electrons. The van der Waals surface area contributed by atoms with Crippen LogP contribution in [0.3, 0.4) is 0 Å². The van der Waals surface area contributed by atoms with Crippen LogP contribution in [-0.2, 0) is 11.0 Å². The summed E-state index contributed by atoms with van der Waals surface area (Å²) in [6.07, 6.45) is -2.92. The third kappa shape index (κ3) is 5.62. The van der Waals surface area contributed by atoms with Crippen molar-refractivity contribution >= 4 is 17.5 Å². The summed E-state index contributed by atoms with van der Waals surface area (Å²) in [5, 5.41) is 6.75.